The molecular formula is C21H33N5O3. The number of hydrogen-bond donors (Lipinski definition) is 1. The summed E-state index contributed by atoms with van der Waals surface area (Å²) in [6, 6.07) is 8.43. The van der Waals surface area contributed by atoms with E-state index >= 15 is 0 Å². The Bertz CT molecular complexity index is 686. The van der Waals surface area contributed by atoms with Gasteiger partial charge in [-0.05, 0) is 24.1 Å². The standard InChI is InChI=1S/C21H33N5O3/c1-24(2)20(27)15-23-21(22-14-17-4-6-19(28-3)7-5-17)26-9-8-18(16-26)25-10-12-29-13-11-25/h4-7,18H,8-16H2,1-3H3,(H,22,23). The smallest absolute Gasteiger partial charge is 0.241 e. The lowest BCUT2D eigenvalue weighted by Gasteiger charge is -2.32. The fourth-order valence-corrected chi connectivity index (χ4v) is 3.65. The lowest BCUT2D eigenvalue weighted by Crippen LogP contribution is -2.48. The van der Waals surface area contributed by atoms with E-state index in [1.807, 2.05) is 24.3 Å². The summed E-state index contributed by atoms with van der Waals surface area (Å²) >= 11 is 0. The van der Waals surface area contributed by atoms with E-state index in [-0.39, 0.29) is 12.5 Å². The maximum Gasteiger partial charge on any atom is 0.241 e. The summed E-state index contributed by atoms with van der Waals surface area (Å²) in [4.78, 5) is 23.3. The number of carbonyl (C=O) groups excluding carboxylic acids is 1. The number of likely N-dealkylation sites (tertiary alicyclic amines) is 1. The number of hydrogen-bond acceptors (Lipinski definition) is 5. The van der Waals surface area contributed by atoms with E-state index in [0.717, 1.165) is 63.1 Å². The van der Waals surface area contributed by atoms with Gasteiger partial charge in [0.1, 0.15) is 5.75 Å². The molecule has 0 saturated carbocycles. The Labute approximate surface area is 173 Å². The van der Waals surface area contributed by atoms with E-state index in [4.69, 9.17) is 14.5 Å². The van der Waals surface area contributed by atoms with Crippen LogP contribution in [0.25, 0.3) is 0 Å². The second-order valence-corrected chi connectivity index (χ2v) is 7.67. The minimum absolute atomic E-state index is 0.0334. The molecule has 0 bridgehead atoms. The number of ether oxygens (including phenoxy) is 2. The first-order valence-corrected chi connectivity index (χ1v) is 10.2. The van der Waals surface area contributed by atoms with Crippen molar-refractivity contribution >= 4 is 11.9 Å². The van der Waals surface area contributed by atoms with Crippen LogP contribution in [-0.4, -0.2) is 99.8 Å². The molecule has 8 nitrogen and oxygen atoms in total. The van der Waals surface area contributed by atoms with E-state index in [1.54, 1.807) is 26.1 Å². The number of morpholine rings is 1. The number of aliphatic imine (C=N–C) groups is 1. The largest absolute Gasteiger partial charge is 0.497 e. The molecule has 1 N–H and O–H groups in total. The van der Waals surface area contributed by atoms with Crippen LogP contribution in [-0.2, 0) is 16.1 Å². The van der Waals surface area contributed by atoms with Crippen LogP contribution in [0.1, 0.15) is 12.0 Å². The molecule has 1 atom stereocenters. The lowest BCUT2D eigenvalue weighted by atomic mass is 10.2. The maximum atomic E-state index is 12.1. The minimum atomic E-state index is 0.0334. The first kappa shape index (κ1) is 21.4. The van der Waals surface area contributed by atoms with Gasteiger partial charge in [-0.25, -0.2) is 4.99 Å². The van der Waals surface area contributed by atoms with E-state index in [0.29, 0.717) is 12.6 Å². The molecule has 1 aromatic carbocycles. The zero-order valence-electron chi connectivity index (χ0n) is 17.8. The van der Waals surface area contributed by atoms with Gasteiger partial charge in [0.15, 0.2) is 5.96 Å². The Balaban J connectivity index is 1.65. The first-order valence-electron chi connectivity index (χ1n) is 10.2. The summed E-state index contributed by atoms with van der Waals surface area (Å²) in [7, 11) is 5.19. The molecule has 29 heavy (non-hydrogen) atoms. The van der Waals surface area contributed by atoms with Crippen LogP contribution in [0.15, 0.2) is 29.3 Å². The SMILES string of the molecule is COc1ccc(CN=C(NCC(=O)N(C)C)N2CCC(N3CCOCC3)C2)cc1. The third-order valence-electron chi connectivity index (χ3n) is 5.49. The molecule has 3 rings (SSSR count). The second-order valence-electron chi connectivity index (χ2n) is 7.67. The quantitative estimate of drug-likeness (QED) is 0.555. The number of carbonyl (C=O) groups is 1. The molecule has 2 aliphatic rings. The zero-order valence-corrected chi connectivity index (χ0v) is 17.8. The van der Waals surface area contributed by atoms with Crippen LogP contribution in [0.4, 0.5) is 0 Å². The lowest BCUT2D eigenvalue weighted by molar-refractivity contribution is -0.127. The molecular weight excluding hydrogens is 370 g/mol. The van der Waals surface area contributed by atoms with Crippen molar-refractivity contribution in [3.05, 3.63) is 29.8 Å². The van der Waals surface area contributed by atoms with E-state index < -0.39 is 0 Å². The number of guanidine groups is 1. The molecule has 0 spiro atoms. The zero-order chi connectivity index (χ0) is 20.6. The number of benzene rings is 1. The molecule has 8 heteroatoms. The van der Waals surface area contributed by atoms with Gasteiger partial charge in [-0.15, -0.1) is 0 Å². The number of likely N-dealkylation sites (N-methyl/N-ethyl adjacent to an activating group) is 1. The first-order chi connectivity index (χ1) is 14.1. The third-order valence-corrected chi connectivity index (χ3v) is 5.49. The monoisotopic (exact) mass is 403 g/mol. The Kier molecular flexibility index (Phi) is 7.71. The predicted octanol–water partition coefficient (Wildman–Crippen LogP) is 0.636. The number of amides is 1. The minimum Gasteiger partial charge on any atom is -0.497 e. The highest BCUT2D eigenvalue weighted by molar-refractivity contribution is 5.86. The number of methoxy groups -OCH3 is 1. The van der Waals surface area contributed by atoms with Crippen molar-refractivity contribution in [1.82, 2.24) is 20.0 Å². The molecule has 1 amide bonds. The van der Waals surface area contributed by atoms with Gasteiger partial charge in [0.05, 0.1) is 33.4 Å². The Morgan fingerprint density at radius 1 is 1.24 bits per heavy atom. The van der Waals surface area contributed by atoms with Crippen molar-refractivity contribution in [2.24, 2.45) is 4.99 Å². The molecule has 160 valence electrons. The average molecular weight is 404 g/mol. The van der Waals surface area contributed by atoms with E-state index in [2.05, 4.69) is 15.1 Å². The molecule has 2 heterocycles. The van der Waals surface area contributed by atoms with Gasteiger partial charge in [0.2, 0.25) is 5.91 Å². The number of rotatable bonds is 6. The normalized spacial score (nSPS) is 20.6. The summed E-state index contributed by atoms with van der Waals surface area (Å²) < 4.78 is 10.7. The third kappa shape index (κ3) is 6.08. The van der Waals surface area contributed by atoms with Gasteiger partial charge in [-0.1, -0.05) is 12.1 Å². The number of nitrogens with zero attached hydrogens (tertiary/aromatic N) is 4. The van der Waals surface area contributed by atoms with Crippen molar-refractivity contribution < 1.29 is 14.3 Å². The summed E-state index contributed by atoms with van der Waals surface area (Å²) in [6.07, 6.45) is 1.10. The topological polar surface area (TPSA) is 69.6 Å². The molecule has 2 fully saturated rings. The van der Waals surface area contributed by atoms with Crippen LogP contribution < -0.4 is 10.1 Å². The van der Waals surface area contributed by atoms with Crippen molar-refractivity contribution in [2.75, 3.05) is 67.1 Å². The van der Waals surface area contributed by atoms with E-state index in [1.165, 1.54) is 0 Å². The van der Waals surface area contributed by atoms with Gasteiger partial charge in [0.25, 0.3) is 0 Å². The summed E-state index contributed by atoms with van der Waals surface area (Å²) in [6.45, 7) is 6.26. The molecule has 1 aromatic rings. The van der Waals surface area contributed by atoms with Crippen LogP contribution in [0.5, 0.6) is 5.75 Å². The Morgan fingerprint density at radius 2 is 1.97 bits per heavy atom. The summed E-state index contributed by atoms with van der Waals surface area (Å²) in [5.74, 6) is 1.67. The molecule has 0 aliphatic carbocycles. The van der Waals surface area contributed by atoms with Crippen molar-refractivity contribution in [1.29, 1.82) is 0 Å². The van der Waals surface area contributed by atoms with Crippen molar-refractivity contribution in [3.63, 3.8) is 0 Å². The molecule has 0 aromatic heterocycles. The Morgan fingerprint density at radius 3 is 2.62 bits per heavy atom. The van der Waals surface area contributed by atoms with Gasteiger partial charge < -0.3 is 24.6 Å². The van der Waals surface area contributed by atoms with Gasteiger partial charge in [-0.3, -0.25) is 9.69 Å². The molecule has 2 aliphatic heterocycles. The molecule has 2 saturated heterocycles. The van der Waals surface area contributed by atoms with Gasteiger partial charge in [-0.2, -0.15) is 0 Å². The summed E-state index contributed by atoms with van der Waals surface area (Å²) in [5, 5.41) is 3.28. The van der Waals surface area contributed by atoms with Crippen molar-refractivity contribution in [2.45, 2.75) is 19.0 Å². The fourth-order valence-electron chi connectivity index (χ4n) is 3.65. The maximum absolute atomic E-state index is 12.1. The highest BCUT2D eigenvalue weighted by Crippen LogP contribution is 2.18. The van der Waals surface area contributed by atoms with Gasteiger partial charge >= 0.3 is 0 Å². The van der Waals surface area contributed by atoms with Crippen LogP contribution >= 0.6 is 0 Å². The highest BCUT2D eigenvalue weighted by atomic mass is 16.5. The van der Waals surface area contributed by atoms with Crippen molar-refractivity contribution in [3.8, 4) is 5.75 Å². The average Bonchev–Trinajstić information content (AvgIpc) is 3.24. The predicted molar refractivity (Wildman–Crippen MR) is 113 cm³/mol. The number of nitrogens with one attached hydrogen (secondary N) is 1. The summed E-state index contributed by atoms with van der Waals surface area (Å²) in [5.41, 5.74) is 1.10. The van der Waals surface area contributed by atoms with Crippen LogP contribution in [0.3, 0.4) is 0 Å². The second kappa shape index (κ2) is 10.5. The van der Waals surface area contributed by atoms with E-state index in [9.17, 15) is 4.79 Å². The van der Waals surface area contributed by atoms with Crippen LogP contribution in [0.2, 0.25) is 0 Å². The molecule has 1 unspecified atom stereocenters. The van der Waals surface area contributed by atoms with Gasteiger partial charge in [0, 0.05) is 46.3 Å². The highest BCUT2D eigenvalue weighted by Gasteiger charge is 2.30. The Hall–Kier alpha value is -2.32. The molecule has 0 radical (unpaired) electrons. The van der Waals surface area contributed by atoms with Crippen LogP contribution in [0, 0.1) is 0 Å². The fraction of sp³-hybridized carbons (Fsp3) is 0.619.